The van der Waals surface area contributed by atoms with Gasteiger partial charge in [0, 0.05) is 12.5 Å². The minimum absolute atomic E-state index is 0.199. The lowest BCUT2D eigenvalue weighted by atomic mass is 9.77. The van der Waals surface area contributed by atoms with Crippen LogP contribution in [0.4, 0.5) is 0 Å². The smallest absolute Gasteiger partial charge is 0.311 e. The predicted molar refractivity (Wildman–Crippen MR) is 56.8 cm³/mol. The van der Waals surface area contributed by atoms with E-state index in [9.17, 15) is 15.1 Å². The summed E-state index contributed by atoms with van der Waals surface area (Å²) >= 11 is 0. The van der Waals surface area contributed by atoms with Crippen LogP contribution in [0.25, 0.3) is 0 Å². The number of carbonyl (C=O) groups excluding carboxylic acids is 1. The third-order valence-corrected chi connectivity index (χ3v) is 3.77. The molecule has 1 heterocycles. The number of rotatable bonds is 2. The first-order valence-corrected chi connectivity index (χ1v) is 5.37. The van der Waals surface area contributed by atoms with Gasteiger partial charge in [-0.1, -0.05) is 0 Å². The van der Waals surface area contributed by atoms with Crippen LogP contribution in [-0.4, -0.2) is 40.9 Å². The molecule has 1 radical (unpaired) electrons. The Kier molecular flexibility index (Phi) is 3.34. The first kappa shape index (κ1) is 13.4. The Hall–Kier alpha value is -0.650. The Labute approximate surface area is 96.0 Å². The Morgan fingerprint density at radius 2 is 1.81 bits per heavy atom. The summed E-state index contributed by atoms with van der Waals surface area (Å²) in [6.45, 7) is 6.70. The fourth-order valence-electron chi connectivity index (χ4n) is 2.83. The van der Waals surface area contributed by atoms with Crippen molar-refractivity contribution in [3.63, 3.8) is 0 Å². The maximum Gasteiger partial charge on any atom is 0.311 e. The third-order valence-electron chi connectivity index (χ3n) is 3.77. The van der Waals surface area contributed by atoms with Crippen LogP contribution in [-0.2, 0) is 14.7 Å². The molecule has 5 nitrogen and oxygen atoms in total. The van der Waals surface area contributed by atoms with E-state index in [1.165, 1.54) is 7.11 Å². The van der Waals surface area contributed by atoms with Gasteiger partial charge in [0.1, 0.15) is 0 Å². The van der Waals surface area contributed by atoms with Crippen LogP contribution in [0.3, 0.4) is 0 Å². The molecule has 0 aliphatic carbocycles. The Balaban J connectivity index is 3.19. The van der Waals surface area contributed by atoms with Gasteiger partial charge in [-0.15, -0.1) is 10.3 Å². The molecule has 0 aromatic carbocycles. The lowest BCUT2D eigenvalue weighted by Gasteiger charge is -2.33. The van der Waals surface area contributed by atoms with E-state index in [2.05, 4.69) is 0 Å². The zero-order valence-corrected chi connectivity index (χ0v) is 10.5. The average Bonchev–Trinajstić information content (AvgIpc) is 2.34. The minimum Gasteiger partial charge on any atom is -0.469 e. The van der Waals surface area contributed by atoms with Gasteiger partial charge in [0.15, 0.2) is 0 Å². The fourth-order valence-corrected chi connectivity index (χ4v) is 2.83. The molecule has 1 aliphatic heterocycles. The van der Waals surface area contributed by atoms with Crippen LogP contribution in [0.2, 0.25) is 0 Å². The van der Waals surface area contributed by atoms with Crippen molar-refractivity contribution in [3.8, 4) is 0 Å². The van der Waals surface area contributed by atoms with Crippen molar-refractivity contribution in [1.29, 1.82) is 0 Å². The number of aliphatic hydroxyl groups is 1. The highest BCUT2D eigenvalue weighted by Crippen LogP contribution is 2.48. The van der Waals surface area contributed by atoms with Gasteiger partial charge < -0.3 is 9.84 Å². The number of methoxy groups -OCH3 is 1. The maximum atomic E-state index is 12.1. The zero-order chi connectivity index (χ0) is 12.7. The topological polar surface area (TPSA) is 69.7 Å². The molecule has 16 heavy (non-hydrogen) atoms. The van der Waals surface area contributed by atoms with Gasteiger partial charge in [-0.3, -0.25) is 4.79 Å². The summed E-state index contributed by atoms with van der Waals surface area (Å²) in [7, 11) is 1.30. The van der Waals surface area contributed by atoms with Gasteiger partial charge in [0.2, 0.25) is 0 Å². The van der Waals surface area contributed by atoms with Gasteiger partial charge in [-0.2, -0.15) is 0 Å². The van der Waals surface area contributed by atoms with Gasteiger partial charge in [0.25, 0.3) is 0 Å². The third kappa shape index (κ3) is 1.63. The molecule has 1 rings (SSSR count). The van der Waals surface area contributed by atoms with E-state index < -0.39 is 28.9 Å². The lowest BCUT2D eigenvalue weighted by molar-refractivity contribution is -0.252. The second-order valence-corrected chi connectivity index (χ2v) is 5.39. The van der Waals surface area contributed by atoms with Gasteiger partial charge >= 0.3 is 5.97 Å². The van der Waals surface area contributed by atoms with Gasteiger partial charge in [-0.05, 0) is 27.7 Å². The summed E-state index contributed by atoms with van der Waals surface area (Å²) in [6.07, 6.45) is 0. The van der Waals surface area contributed by atoms with Crippen molar-refractivity contribution < 1.29 is 19.8 Å². The normalized spacial score (nSPS) is 32.7. The molecule has 2 atom stereocenters. The standard InChI is InChI=1S/C11H20NO4/c1-10(2)7(6-13)8(9(14)16-5)11(3,4)12(10)15/h7-8,13H,6H2,1-5H3/t7-,8+/m0/s1. The molecule has 1 fully saturated rings. The van der Waals surface area contributed by atoms with Crippen LogP contribution in [0.5, 0.6) is 0 Å². The number of esters is 1. The highest BCUT2D eigenvalue weighted by atomic mass is 16.5. The van der Waals surface area contributed by atoms with Crippen LogP contribution in [0.15, 0.2) is 0 Å². The van der Waals surface area contributed by atoms with Crippen molar-refractivity contribution in [3.05, 3.63) is 0 Å². The number of hydrogen-bond acceptors (Lipinski definition) is 4. The molecule has 0 aromatic heterocycles. The van der Waals surface area contributed by atoms with E-state index in [-0.39, 0.29) is 6.61 Å². The number of ether oxygens (including phenoxy) is 1. The van der Waals surface area contributed by atoms with E-state index in [4.69, 9.17) is 4.74 Å². The van der Waals surface area contributed by atoms with E-state index in [0.29, 0.717) is 0 Å². The molecule has 0 bridgehead atoms. The van der Waals surface area contributed by atoms with E-state index >= 15 is 0 Å². The van der Waals surface area contributed by atoms with Crippen LogP contribution < -0.4 is 0 Å². The second-order valence-electron chi connectivity index (χ2n) is 5.39. The fraction of sp³-hybridized carbons (Fsp3) is 0.909. The molecule has 1 saturated heterocycles. The quantitative estimate of drug-likeness (QED) is 0.705. The molecule has 0 amide bonds. The van der Waals surface area contributed by atoms with Crippen molar-refractivity contribution in [2.45, 2.75) is 38.8 Å². The maximum absolute atomic E-state index is 12.1. The number of nitrogens with zero attached hydrogens (tertiary/aromatic N) is 1. The number of hydrogen-bond donors (Lipinski definition) is 1. The molecule has 0 spiro atoms. The highest BCUT2D eigenvalue weighted by molar-refractivity contribution is 5.75. The number of aliphatic hydroxyl groups excluding tert-OH is 1. The summed E-state index contributed by atoms with van der Waals surface area (Å²) < 4.78 is 4.73. The summed E-state index contributed by atoms with van der Waals surface area (Å²) in [5.74, 6) is -1.45. The summed E-state index contributed by atoms with van der Waals surface area (Å²) in [4.78, 5) is 11.7. The van der Waals surface area contributed by atoms with Crippen LogP contribution in [0.1, 0.15) is 27.7 Å². The van der Waals surface area contributed by atoms with Crippen LogP contribution in [0, 0.1) is 11.8 Å². The van der Waals surface area contributed by atoms with Crippen molar-refractivity contribution >= 4 is 5.97 Å². The molecular formula is C11H20NO4. The first-order valence-electron chi connectivity index (χ1n) is 5.37. The van der Waals surface area contributed by atoms with E-state index in [1.807, 2.05) is 0 Å². The van der Waals surface area contributed by atoms with Gasteiger partial charge in [0.05, 0.1) is 24.1 Å². The zero-order valence-electron chi connectivity index (χ0n) is 10.5. The second kappa shape index (κ2) is 3.98. The van der Waals surface area contributed by atoms with Crippen molar-refractivity contribution in [2.24, 2.45) is 11.8 Å². The number of carbonyl (C=O) groups is 1. The molecule has 0 unspecified atom stereocenters. The largest absolute Gasteiger partial charge is 0.469 e. The predicted octanol–water partition coefficient (Wildman–Crippen LogP) is 0.602. The SMILES string of the molecule is COC(=O)[C@H]1[C@H](CO)C(C)(C)N([O])C1(C)C. The minimum atomic E-state index is -0.857. The molecule has 0 saturated carbocycles. The van der Waals surface area contributed by atoms with E-state index in [1.54, 1.807) is 27.7 Å². The Morgan fingerprint density at radius 3 is 2.19 bits per heavy atom. The highest BCUT2D eigenvalue weighted by Gasteiger charge is 2.62. The summed E-state index contributed by atoms with van der Waals surface area (Å²) in [5, 5.41) is 22.4. The monoisotopic (exact) mass is 230 g/mol. The molecule has 5 heteroatoms. The van der Waals surface area contributed by atoms with Gasteiger partial charge in [-0.25, -0.2) is 0 Å². The van der Waals surface area contributed by atoms with Crippen molar-refractivity contribution in [2.75, 3.05) is 13.7 Å². The Bertz CT molecular complexity index is 288. The Morgan fingerprint density at radius 1 is 1.31 bits per heavy atom. The first-order chi connectivity index (χ1) is 7.21. The molecule has 0 aromatic rings. The van der Waals surface area contributed by atoms with Crippen molar-refractivity contribution in [1.82, 2.24) is 5.06 Å². The van der Waals surface area contributed by atoms with Crippen LogP contribution >= 0.6 is 0 Å². The lowest BCUT2D eigenvalue weighted by Crippen LogP contribution is -2.47. The molecule has 93 valence electrons. The molecule has 1 N–H and O–H groups in total. The average molecular weight is 230 g/mol. The van der Waals surface area contributed by atoms with E-state index in [0.717, 1.165) is 5.06 Å². The summed E-state index contributed by atoms with van der Waals surface area (Å²) in [5.41, 5.74) is -1.62. The summed E-state index contributed by atoms with van der Waals surface area (Å²) in [6, 6.07) is 0. The molecular weight excluding hydrogens is 210 g/mol. The molecule has 1 aliphatic rings. The number of hydroxylamine groups is 2.